The maximum atomic E-state index is 14.0. The molecule has 3 heteroatoms. The van der Waals surface area contributed by atoms with Crippen molar-refractivity contribution in [3.63, 3.8) is 0 Å². The second-order valence-corrected chi connectivity index (χ2v) is 5.96. The molecule has 2 rings (SSSR count). The maximum absolute atomic E-state index is 14.0. The molecule has 1 fully saturated rings. The summed E-state index contributed by atoms with van der Waals surface area (Å²) < 4.78 is 14.0. The fraction of sp³-hybridized carbons (Fsp3) is 0.625. The van der Waals surface area contributed by atoms with Crippen molar-refractivity contribution in [3.8, 4) is 0 Å². The van der Waals surface area contributed by atoms with E-state index in [4.69, 9.17) is 0 Å². The smallest absolute Gasteiger partial charge is 0.127 e. The third kappa shape index (κ3) is 4.02. The molecule has 1 aliphatic rings. The first-order valence-electron chi connectivity index (χ1n) is 7.26. The van der Waals surface area contributed by atoms with Gasteiger partial charge < -0.3 is 10.2 Å². The van der Waals surface area contributed by atoms with Crippen LogP contribution < -0.4 is 5.32 Å². The van der Waals surface area contributed by atoms with E-state index in [2.05, 4.69) is 31.1 Å². The van der Waals surface area contributed by atoms with Crippen molar-refractivity contribution in [2.75, 3.05) is 20.1 Å². The third-order valence-corrected chi connectivity index (χ3v) is 4.04. The molecule has 0 atom stereocenters. The molecule has 0 aliphatic carbocycles. The van der Waals surface area contributed by atoms with Crippen LogP contribution in [-0.4, -0.2) is 31.1 Å². The van der Waals surface area contributed by atoms with Crippen LogP contribution >= 0.6 is 0 Å². The molecule has 0 saturated carbocycles. The van der Waals surface area contributed by atoms with Gasteiger partial charge in [-0.1, -0.05) is 26.0 Å². The van der Waals surface area contributed by atoms with E-state index in [0.29, 0.717) is 18.5 Å². The van der Waals surface area contributed by atoms with Gasteiger partial charge in [0.05, 0.1) is 0 Å². The summed E-state index contributed by atoms with van der Waals surface area (Å²) in [5, 5.41) is 3.48. The van der Waals surface area contributed by atoms with Gasteiger partial charge in [0.2, 0.25) is 0 Å². The fourth-order valence-corrected chi connectivity index (χ4v) is 2.53. The number of halogens is 1. The lowest BCUT2D eigenvalue weighted by molar-refractivity contribution is 0.233. The van der Waals surface area contributed by atoms with Crippen molar-refractivity contribution in [1.82, 2.24) is 10.2 Å². The lowest BCUT2D eigenvalue weighted by atomic mass is 10.0. The average Bonchev–Trinajstić information content (AvgIpc) is 2.39. The van der Waals surface area contributed by atoms with Gasteiger partial charge in [0.25, 0.3) is 0 Å². The molecule has 1 aromatic carbocycles. The van der Waals surface area contributed by atoms with Crippen LogP contribution in [0.2, 0.25) is 0 Å². The Morgan fingerprint density at radius 3 is 2.58 bits per heavy atom. The zero-order valence-corrected chi connectivity index (χ0v) is 12.2. The summed E-state index contributed by atoms with van der Waals surface area (Å²) in [4.78, 5) is 2.34. The van der Waals surface area contributed by atoms with Crippen molar-refractivity contribution >= 4 is 0 Å². The maximum Gasteiger partial charge on any atom is 0.127 e. The van der Waals surface area contributed by atoms with Gasteiger partial charge in [-0.3, -0.25) is 0 Å². The summed E-state index contributed by atoms with van der Waals surface area (Å²) in [6.07, 6.45) is 2.31. The third-order valence-electron chi connectivity index (χ3n) is 4.04. The highest BCUT2D eigenvalue weighted by Gasteiger charge is 2.16. The normalized spacial score (nSPS) is 18.2. The predicted octanol–water partition coefficient (Wildman–Crippen LogP) is 3.13. The molecule has 1 N–H and O–H groups in total. The molecule has 0 spiro atoms. The predicted molar refractivity (Wildman–Crippen MR) is 77.8 cm³/mol. The Hall–Kier alpha value is -0.930. The number of rotatable bonds is 4. The minimum Gasteiger partial charge on any atom is -0.310 e. The second-order valence-electron chi connectivity index (χ2n) is 5.96. The molecule has 1 heterocycles. The van der Waals surface area contributed by atoms with Crippen LogP contribution in [0, 0.1) is 5.82 Å². The molecule has 19 heavy (non-hydrogen) atoms. The van der Waals surface area contributed by atoms with Gasteiger partial charge >= 0.3 is 0 Å². The van der Waals surface area contributed by atoms with E-state index in [1.165, 1.54) is 0 Å². The molecular formula is C16H25FN2. The molecule has 0 unspecified atom stereocenters. The summed E-state index contributed by atoms with van der Waals surface area (Å²) >= 11 is 0. The van der Waals surface area contributed by atoms with Gasteiger partial charge in [0.1, 0.15) is 5.82 Å². The molecular weight excluding hydrogens is 239 g/mol. The Morgan fingerprint density at radius 2 is 2.00 bits per heavy atom. The Kier molecular flexibility index (Phi) is 4.94. The van der Waals surface area contributed by atoms with Crippen molar-refractivity contribution in [3.05, 3.63) is 35.1 Å². The summed E-state index contributed by atoms with van der Waals surface area (Å²) in [7, 11) is 2.15. The van der Waals surface area contributed by atoms with Crippen LogP contribution in [0.15, 0.2) is 18.2 Å². The molecule has 0 amide bonds. The Balaban J connectivity index is 1.89. The Labute approximate surface area is 116 Å². The summed E-state index contributed by atoms with van der Waals surface area (Å²) in [6, 6.07) is 6.17. The van der Waals surface area contributed by atoms with E-state index in [1.54, 1.807) is 6.07 Å². The molecule has 0 aromatic heterocycles. The van der Waals surface area contributed by atoms with Crippen molar-refractivity contribution < 1.29 is 4.39 Å². The van der Waals surface area contributed by atoms with E-state index in [9.17, 15) is 4.39 Å². The number of benzene rings is 1. The van der Waals surface area contributed by atoms with Crippen LogP contribution in [-0.2, 0) is 6.54 Å². The van der Waals surface area contributed by atoms with E-state index >= 15 is 0 Å². The first kappa shape index (κ1) is 14.5. The number of nitrogens with zero attached hydrogens (tertiary/aromatic N) is 1. The first-order chi connectivity index (χ1) is 9.06. The van der Waals surface area contributed by atoms with Crippen molar-refractivity contribution in [2.24, 2.45) is 0 Å². The van der Waals surface area contributed by atoms with Gasteiger partial charge in [0, 0.05) is 18.2 Å². The minimum atomic E-state index is -0.0772. The topological polar surface area (TPSA) is 15.3 Å². The standard InChI is InChI=1S/C16H25FN2/c1-12(2)13-4-5-14(16(17)10-13)11-18-15-6-8-19(3)9-7-15/h4-5,10,12,15,18H,6-9,11H2,1-3H3. The van der Waals surface area contributed by atoms with E-state index in [-0.39, 0.29) is 5.82 Å². The fourth-order valence-electron chi connectivity index (χ4n) is 2.53. The summed E-state index contributed by atoms with van der Waals surface area (Å²) in [6.45, 7) is 7.08. The molecule has 1 aromatic rings. The molecule has 2 nitrogen and oxygen atoms in total. The molecule has 106 valence electrons. The van der Waals surface area contributed by atoms with Gasteiger partial charge in [-0.25, -0.2) is 4.39 Å². The van der Waals surface area contributed by atoms with Crippen molar-refractivity contribution in [2.45, 2.75) is 45.2 Å². The molecule has 0 bridgehead atoms. The van der Waals surface area contributed by atoms with E-state index < -0.39 is 0 Å². The van der Waals surface area contributed by atoms with Crippen LogP contribution in [0.25, 0.3) is 0 Å². The summed E-state index contributed by atoms with van der Waals surface area (Å²) in [5.74, 6) is 0.303. The average molecular weight is 264 g/mol. The van der Waals surface area contributed by atoms with Gasteiger partial charge in [-0.2, -0.15) is 0 Å². The highest BCUT2D eigenvalue weighted by atomic mass is 19.1. The first-order valence-corrected chi connectivity index (χ1v) is 7.26. The Morgan fingerprint density at radius 1 is 1.32 bits per heavy atom. The molecule has 0 radical (unpaired) electrons. The SMILES string of the molecule is CC(C)c1ccc(CNC2CCN(C)CC2)c(F)c1. The lowest BCUT2D eigenvalue weighted by Gasteiger charge is -2.29. The number of hydrogen-bond acceptors (Lipinski definition) is 2. The monoisotopic (exact) mass is 264 g/mol. The van der Waals surface area contributed by atoms with Crippen LogP contribution in [0.3, 0.4) is 0 Å². The quantitative estimate of drug-likeness (QED) is 0.899. The van der Waals surface area contributed by atoms with Crippen molar-refractivity contribution in [1.29, 1.82) is 0 Å². The number of nitrogens with one attached hydrogen (secondary N) is 1. The zero-order valence-electron chi connectivity index (χ0n) is 12.2. The lowest BCUT2D eigenvalue weighted by Crippen LogP contribution is -2.40. The van der Waals surface area contributed by atoms with Gasteiger partial charge in [-0.15, -0.1) is 0 Å². The number of hydrogen-bond donors (Lipinski definition) is 1. The number of piperidine rings is 1. The minimum absolute atomic E-state index is 0.0772. The Bertz CT molecular complexity index is 409. The van der Waals surface area contributed by atoms with Crippen LogP contribution in [0.1, 0.15) is 43.7 Å². The van der Waals surface area contributed by atoms with E-state index in [0.717, 1.165) is 37.1 Å². The van der Waals surface area contributed by atoms with Crippen LogP contribution in [0.4, 0.5) is 4.39 Å². The highest BCUT2D eigenvalue weighted by molar-refractivity contribution is 5.26. The molecule has 1 saturated heterocycles. The highest BCUT2D eigenvalue weighted by Crippen LogP contribution is 2.18. The van der Waals surface area contributed by atoms with E-state index in [1.807, 2.05) is 12.1 Å². The largest absolute Gasteiger partial charge is 0.310 e. The van der Waals surface area contributed by atoms with Crippen LogP contribution in [0.5, 0.6) is 0 Å². The van der Waals surface area contributed by atoms with Gasteiger partial charge in [-0.05, 0) is 50.5 Å². The van der Waals surface area contributed by atoms with Gasteiger partial charge in [0.15, 0.2) is 0 Å². The summed E-state index contributed by atoms with van der Waals surface area (Å²) in [5.41, 5.74) is 1.85. The molecule has 1 aliphatic heterocycles. The number of likely N-dealkylation sites (tertiary alicyclic amines) is 1. The second kappa shape index (κ2) is 6.49. The zero-order chi connectivity index (χ0) is 13.8.